The molecule has 0 saturated heterocycles. The zero-order valence-electron chi connectivity index (χ0n) is 23.4. The molecule has 8 N–H and O–H groups in total. The molecule has 5 unspecified atom stereocenters. The molecule has 223 valence electrons. The van der Waals surface area contributed by atoms with Crippen LogP contribution < -0.4 is 0 Å². The summed E-state index contributed by atoms with van der Waals surface area (Å²) in [6, 6.07) is 0. The lowest BCUT2D eigenvalue weighted by Crippen LogP contribution is -3.01. The summed E-state index contributed by atoms with van der Waals surface area (Å²) in [5.74, 6) is 0. The lowest BCUT2D eigenvalue weighted by Gasteiger charge is -2.60. The highest BCUT2D eigenvalue weighted by atomic mass is 30.2. The van der Waals surface area contributed by atoms with Gasteiger partial charge < -0.3 is 64.0 Å². The van der Waals surface area contributed by atoms with Gasteiger partial charge in [-0.15, -0.1) is 0 Å². The van der Waals surface area contributed by atoms with Crippen molar-refractivity contribution in [2.75, 3.05) is 20.3 Å². The van der Waals surface area contributed by atoms with E-state index in [0.29, 0.717) is 0 Å². The summed E-state index contributed by atoms with van der Waals surface area (Å²) in [6.07, 6.45) is 0. The van der Waals surface area contributed by atoms with E-state index in [1.165, 1.54) is 26.8 Å². The number of hydrogen-bond donors (Lipinski definition) is 8. The fourth-order valence-corrected chi connectivity index (χ4v) is 153. The van der Waals surface area contributed by atoms with Gasteiger partial charge in [0.2, 0.25) is 26.4 Å². The Hall–Kier alpha value is 2.48. The average Bonchev–Trinajstić information content (AvgIpc) is 2.82. The Morgan fingerprint density at radius 1 is 0.718 bits per heavy atom. The maximum atomic E-state index is 12.1. The zero-order valence-corrected chi connectivity index (χ0v) is 37.4. The van der Waals surface area contributed by atoms with Crippen molar-refractivity contribution in [3.05, 3.63) is 0 Å². The molecule has 5 atom stereocenters. The molecule has 14 nitrogen and oxygen atoms in total. The first-order valence-electron chi connectivity index (χ1n) is 11.4. The van der Waals surface area contributed by atoms with Gasteiger partial charge in [0.05, 0.1) is 30.6 Å². The summed E-state index contributed by atoms with van der Waals surface area (Å²) < 4.78 is 37.5. The van der Waals surface area contributed by atoms with Crippen molar-refractivity contribution in [3.63, 3.8) is 0 Å². The van der Waals surface area contributed by atoms with Gasteiger partial charge in [0.25, 0.3) is 23.0 Å². The highest BCUT2D eigenvalue weighted by molar-refractivity contribution is 8.01. The van der Waals surface area contributed by atoms with Gasteiger partial charge in [-0.3, -0.25) is 0 Å². The molecule has 0 fully saturated rings. The Morgan fingerprint density at radius 3 is 1.49 bits per heavy atom. The molecule has 0 aromatic carbocycles. The minimum atomic E-state index is -4.84. The normalized spacial score (nSPS) is 21.4. The molecule has 13 radical (unpaired) electrons. The Morgan fingerprint density at radius 2 is 1.18 bits per heavy atom. The highest BCUT2D eigenvalue weighted by Crippen LogP contribution is 2.43. The van der Waals surface area contributed by atoms with Crippen LogP contribution in [0.25, 0.3) is 0 Å². The first-order valence-corrected chi connectivity index (χ1v) is 44.6. The van der Waals surface area contributed by atoms with Crippen LogP contribution in [0.4, 0.5) is 0 Å². The second-order valence-electron chi connectivity index (χ2n) is 10.6. The second kappa shape index (κ2) is 15.7. The van der Waals surface area contributed by atoms with Gasteiger partial charge in [0, 0.05) is 7.11 Å². The molecule has 0 aromatic rings. The second-order valence-corrected chi connectivity index (χ2v) is 82.5. The predicted molar refractivity (Wildman–Crippen MR) is 167 cm³/mol. The van der Waals surface area contributed by atoms with Crippen LogP contribution >= 0.6 is 0 Å². The molecule has 39 heavy (non-hydrogen) atoms. The molecule has 0 rings (SSSR count). The van der Waals surface area contributed by atoms with Gasteiger partial charge in [-0.2, -0.15) is 0 Å². The first kappa shape index (κ1) is 41.5. The van der Waals surface area contributed by atoms with Gasteiger partial charge in [-0.25, -0.2) is 0 Å². The van der Waals surface area contributed by atoms with Crippen molar-refractivity contribution >= 4 is 118 Å². The standard InChI is InChI=1S/C11H39O14Si14/c1-20-36(26,29-15)25-37(24-34(7,8)32(2,3)4,38(30-16,22-27-13)33(5,6)18)39(31-17,23-28-14)35(9,19)21-11-10-12/h12-19H,10-11H2,1-9H3. The van der Waals surface area contributed by atoms with E-state index in [2.05, 4.69) is 29.4 Å². The lowest BCUT2D eigenvalue weighted by molar-refractivity contribution is 0.172. The maximum absolute atomic E-state index is 12.1. The summed E-state index contributed by atoms with van der Waals surface area (Å²) in [5.41, 5.74) is 0. The van der Waals surface area contributed by atoms with E-state index in [0.717, 1.165) is 0 Å². The van der Waals surface area contributed by atoms with E-state index < -0.39 is 115 Å². The summed E-state index contributed by atoms with van der Waals surface area (Å²) in [5, 5.41) is 9.52. The molecule has 0 spiro atoms. The summed E-state index contributed by atoms with van der Waals surface area (Å²) in [6.45, 7) is 4.40. The average molecular weight is 789 g/mol. The zero-order chi connectivity index (χ0) is 31.2. The van der Waals surface area contributed by atoms with Gasteiger partial charge in [-0.05, 0) is 32.7 Å². The molecule has 0 aliphatic carbocycles. The third-order valence-electron chi connectivity index (χ3n) is 6.56. The summed E-state index contributed by atoms with van der Waals surface area (Å²) in [4.78, 5) is 77.3. The van der Waals surface area contributed by atoms with Crippen molar-refractivity contribution in [2.45, 2.75) is 52.4 Å². The molecular formula is C11H39O14Si14. The number of hydrogen-bond acceptors (Lipinski definition) is 14. The van der Waals surface area contributed by atoms with Crippen molar-refractivity contribution in [1.82, 2.24) is 0 Å². The molecule has 0 heterocycles. The molecule has 0 bridgehead atoms. The van der Waals surface area contributed by atoms with Crippen LogP contribution in [0.2, 0.25) is 52.4 Å². The van der Waals surface area contributed by atoms with Crippen LogP contribution in [-0.2, 0) is 25.3 Å². The maximum Gasteiger partial charge on any atom is 0.418 e. The summed E-state index contributed by atoms with van der Waals surface area (Å²) >= 11 is 0. The molecule has 0 aliphatic rings. The minimum absolute atomic E-state index is 0.351. The molecule has 0 aliphatic heterocycles. The Balaban J connectivity index is 8.61. The third-order valence-corrected chi connectivity index (χ3v) is 119. The van der Waals surface area contributed by atoms with Crippen LogP contribution in [0.1, 0.15) is 0 Å². The van der Waals surface area contributed by atoms with E-state index in [1.54, 1.807) is 0 Å². The number of aliphatic hydroxyl groups excluding tert-OH is 1. The number of aliphatic hydroxyl groups is 1. The highest BCUT2D eigenvalue weighted by Gasteiger charge is 2.87. The van der Waals surface area contributed by atoms with E-state index >= 15 is 0 Å². The van der Waals surface area contributed by atoms with Gasteiger partial charge in [-0.1, -0.05) is 19.6 Å². The van der Waals surface area contributed by atoms with Crippen molar-refractivity contribution in [2.24, 2.45) is 0 Å². The molecular weight excluding hydrogens is 749 g/mol. The van der Waals surface area contributed by atoms with Crippen LogP contribution in [-0.4, -0.2) is 177 Å². The Bertz CT molecular complexity index is 752. The van der Waals surface area contributed by atoms with Crippen LogP contribution in [0, 0.1) is 0 Å². The van der Waals surface area contributed by atoms with Crippen molar-refractivity contribution < 1.29 is 64.0 Å². The lowest BCUT2D eigenvalue weighted by atomic mass is 10.8. The largest absolute Gasteiger partial charge is 0.441 e. The predicted octanol–water partition coefficient (Wildman–Crippen LogP) is -5.28. The molecule has 0 amide bonds. The molecule has 0 saturated carbocycles. The van der Waals surface area contributed by atoms with Gasteiger partial charge >= 0.3 is 43.3 Å². The fraction of sp³-hybridized carbons (Fsp3) is 1.00. The quantitative estimate of drug-likeness (QED) is 0.0542. The van der Waals surface area contributed by atoms with Crippen molar-refractivity contribution in [1.29, 1.82) is 0 Å². The van der Waals surface area contributed by atoms with E-state index in [9.17, 15) is 38.7 Å². The number of rotatable bonds is 20. The van der Waals surface area contributed by atoms with Gasteiger partial charge in [0.1, 0.15) is 0 Å². The topological polar surface area (TPSA) is 217 Å². The van der Waals surface area contributed by atoms with Crippen LogP contribution in [0.5, 0.6) is 0 Å². The van der Waals surface area contributed by atoms with Gasteiger partial charge in [0.15, 0.2) is 7.83 Å². The fourth-order valence-electron chi connectivity index (χ4n) is 3.36. The Labute approximate surface area is 253 Å². The molecule has 0 aromatic heterocycles. The Kier molecular flexibility index (Phi) is 16.6. The van der Waals surface area contributed by atoms with E-state index in [4.69, 9.17) is 25.3 Å². The van der Waals surface area contributed by atoms with E-state index in [-0.39, 0.29) is 6.61 Å². The van der Waals surface area contributed by atoms with Crippen LogP contribution in [0.15, 0.2) is 0 Å². The summed E-state index contributed by atoms with van der Waals surface area (Å²) in [7, 11) is -23.4. The minimum Gasteiger partial charge on any atom is -0.441 e. The smallest absolute Gasteiger partial charge is 0.418 e. The SMILES string of the molecule is CO[Si]([Si])(O[Si](O[Si](C)(C)[Si](C)(C)C)([Si](O[Si]O)([Si]O)[Si](C)(C)O)[Si](O[Si]O)([Si]O)[Si](C)(O)OCCO)[Si]O. The molecule has 28 heteroatoms. The monoisotopic (exact) mass is 787 g/mol. The van der Waals surface area contributed by atoms with E-state index in [1.807, 2.05) is 13.1 Å². The third kappa shape index (κ3) is 8.40. The van der Waals surface area contributed by atoms with Crippen LogP contribution in [0.3, 0.4) is 0 Å². The van der Waals surface area contributed by atoms with Crippen molar-refractivity contribution in [3.8, 4) is 0 Å². The first-order chi connectivity index (χ1) is 17.6.